The third kappa shape index (κ3) is 17.2. The summed E-state index contributed by atoms with van der Waals surface area (Å²) in [4.78, 5) is 24.1. The lowest BCUT2D eigenvalue weighted by molar-refractivity contribution is -0.153. The van der Waals surface area contributed by atoms with Crippen molar-refractivity contribution >= 4 is 17.6 Å². The van der Waals surface area contributed by atoms with Gasteiger partial charge in [-0.1, -0.05) is 117 Å². The summed E-state index contributed by atoms with van der Waals surface area (Å²) >= 11 is 0. The predicted molar refractivity (Wildman–Crippen MR) is 155 cm³/mol. The molecule has 0 aliphatic heterocycles. The smallest absolute Gasteiger partial charge is 0.347 e. The molecule has 1 aromatic carbocycles. The van der Waals surface area contributed by atoms with Gasteiger partial charge in [0.15, 0.2) is 6.10 Å². The van der Waals surface area contributed by atoms with Crippen molar-refractivity contribution in [2.45, 2.75) is 142 Å². The summed E-state index contributed by atoms with van der Waals surface area (Å²) in [6.45, 7) is 7.01. The lowest BCUT2D eigenvalue weighted by atomic mass is 10.0. The number of benzene rings is 1. The number of anilines is 1. The first-order valence-electron chi connectivity index (χ1n) is 15.3. The van der Waals surface area contributed by atoms with Gasteiger partial charge in [0.2, 0.25) is 0 Å². The van der Waals surface area contributed by atoms with E-state index in [1.165, 1.54) is 103 Å². The molecule has 37 heavy (non-hydrogen) atoms. The molecule has 0 aromatic heterocycles. The fourth-order valence-corrected chi connectivity index (χ4v) is 4.54. The van der Waals surface area contributed by atoms with E-state index < -0.39 is 18.0 Å². The molecule has 0 fully saturated rings. The molecule has 1 atom stereocenters. The lowest BCUT2D eigenvalue weighted by Crippen LogP contribution is -2.28. The summed E-state index contributed by atoms with van der Waals surface area (Å²) in [7, 11) is 0. The van der Waals surface area contributed by atoms with Gasteiger partial charge in [-0.25, -0.2) is 9.59 Å². The number of nitrogens with one attached hydrogen (secondary N) is 1. The van der Waals surface area contributed by atoms with Crippen LogP contribution in [0, 0.1) is 0 Å². The minimum Gasteiger partial charge on any atom is -0.463 e. The standard InChI is InChI=1S/C32H55NO4/c1-4-7-8-9-10-11-12-13-14-15-16-17-18-19-20-21-22-27-33-29-25-23-28(24-26-29)31(34)37-30(5-2)32(35)36-6-3/h23-26,30,33H,4-22,27H2,1-3H3. The normalized spacial score (nSPS) is 11.8. The highest BCUT2D eigenvalue weighted by atomic mass is 16.6. The number of esters is 2. The van der Waals surface area contributed by atoms with Gasteiger partial charge >= 0.3 is 11.9 Å². The van der Waals surface area contributed by atoms with Crippen LogP contribution in [0.3, 0.4) is 0 Å². The van der Waals surface area contributed by atoms with Gasteiger partial charge in [-0.05, 0) is 44.0 Å². The minimum atomic E-state index is -0.857. The molecule has 0 spiro atoms. The van der Waals surface area contributed by atoms with Crippen LogP contribution in [0.5, 0.6) is 0 Å². The molecule has 0 radical (unpaired) electrons. The molecular formula is C32H55NO4. The zero-order valence-corrected chi connectivity index (χ0v) is 24.2. The van der Waals surface area contributed by atoms with Gasteiger partial charge in [0.25, 0.3) is 0 Å². The third-order valence-electron chi connectivity index (χ3n) is 6.90. The number of hydrogen-bond donors (Lipinski definition) is 1. The number of ether oxygens (including phenoxy) is 2. The Hall–Kier alpha value is -2.04. The van der Waals surface area contributed by atoms with E-state index in [0.717, 1.165) is 18.7 Å². The first kappa shape index (κ1) is 33.0. The van der Waals surface area contributed by atoms with E-state index in [2.05, 4.69) is 12.2 Å². The molecular weight excluding hydrogens is 462 g/mol. The molecule has 0 saturated carbocycles. The van der Waals surface area contributed by atoms with Gasteiger partial charge < -0.3 is 14.8 Å². The van der Waals surface area contributed by atoms with Gasteiger partial charge in [-0.3, -0.25) is 0 Å². The van der Waals surface area contributed by atoms with Gasteiger partial charge in [0.1, 0.15) is 0 Å². The van der Waals surface area contributed by atoms with Crippen LogP contribution in [0.25, 0.3) is 0 Å². The Morgan fingerprint density at radius 2 is 1.14 bits per heavy atom. The molecule has 5 nitrogen and oxygen atoms in total. The van der Waals surface area contributed by atoms with E-state index >= 15 is 0 Å². The Morgan fingerprint density at radius 1 is 0.676 bits per heavy atom. The summed E-state index contributed by atoms with van der Waals surface area (Å²) in [6.07, 6.45) is 23.0. The summed E-state index contributed by atoms with van der Waals surface area (Å²) < 4.78 is 10.3. The van der Waals surface area contributed by atoms with Gasteiger partial charge in [0.05, 0.1) is 12.2 Å². The van der Waals surface area contributed by atoms with Gasteiger partial charge in [-0.2, -0.15) is 0 Å². The molecule has 0 heterocycles. The van der Waals surface area contributed by atoms with Crippen molar-refractivity contribution in [3.05, 3.63) is 29.8 Å². The van der Waals surface area contributed by atoms with E-state index in [1.54, 1.807) is 26.0 Å². The Balaban J connectivity index is 1.98. The first-order chi connectivity index (χ1) is 18.1. The van der Waals surface area contributed by atoms with Crippen LogP contribution in [-0.2, 0) is 14.3 Å². The van der Waals surface area contributed by atoms with Crippen molar-refractivity contribution < 1.29 is 19.1 Å². The van der Waals surface area contributed by atoms with Crippen molar-refractivity contribution in [2.24, 2.45) is 0 Å². The maximum atomic E-state index is 12.3. The van der Waals surface area contributed by atoms with Crippen LogP contribution in [0.1, 0.15) is 147 Å². The molecule has 1 rings (SSSR count). The molecule has 1 unspecified atom stereocenters. The maximum absolute atomic E-state index is 12.3. The third-order valence-corrected chi connectivity index (χ3v) is 6.90. The Kier molecular flexibility index (Phi) is 20.6. The molecule has 0 aliphatic carbocycles. The highest BCUT2D eigenvalue weighted by Gasteiger charge is 2.23. The second-order valence-corrected chi connectivity index (χ2v) is 10.2. The summed E-state index contributed by atoms with van der Waals surface area (Å²) in [5.74, 6) is -0.995. The zero-order chi connectivity index (χ0) is 27.0. The predicted octanol–water partition coefficient (Wildman–Crippen LogP) is 9.25. The largest absolute Gasteiger partial charge is 0.463 e. The summed E-state index contributed by atoms with van der Waals surface area (Å²) in [5.41, 5.74) is 1.43. The molecule has 0 saturated heterocycles. The number of carbonyl (C=O) groups excluding carboxylic acids is 2. The van der Waals surface area contributed by atoms with E-state index in [-0.39, 0.29) is 6.61 Å². The van der Waals surface area contributed by atoms with Gasteiger partial charge in [-0.15, -0.1) is 0 Å². The summed E-state index contributed by atoms with van der Waals surface area (Å²) in [6, 6.07) is 7.24. The minimum absolute atomic E-state index is 0.271. The second kappa shape index (κ2) is 23.1. The highest BCUT2D eigenvalue weighted by molar-refractivity contribution is 5.91. The van der Waals surface area contributed by atoms with Crippen LogP contribution in [0.15, 0.2) is 24.3 Å². The van der Waals surface area contributed by atoms with Crippen molar-refractivity contribution in [3.63, 3.8) is 0 Å². The summed E-state index contributed by atoms with van der Waals surface area (Å²) in [5, 5.41) is 3.42. The van der Waals surface area contributed by atoms with Crippen LogP contribution in [0.2, 0.25) is 0 Å². The molecule has 0 amide bonds. The van der Waals surface area contributed by atoms with Crippen LogP contribution in [0.4, 0.5) is 5.69 Å². The van der Waals surface area contributed by atoms with Crippen LogP contribution in [-0.4, -0.2) is 31.2 Å². The molecule has 212 valence electrons. The zero-order valence-electron chi connectivity index (χ0n) is 24.2. The number of carbonyl (C=O) groups is 2. The van der Waals surface area contributed by atoms with Crippen molar-refractivity contribution in [1.82, 2.24) is 0 Å². The maximum Gasteiger partial charge on any atom is 0.347 e. The molecule has 5 heteroatoms. The van der Waals surface area contributed by atoms with Crippen molar-refractivity contribution in [3.8, 4) is 0 Å². The quantitative estimate of drug-likeness (QED) is 0.109. The van der Waals surface area contributed by atoms with Crippen molar-refractivity contribution in [2.75, 3.05) is 18.5 Å². The molecule has 1 N–H and O–H groups in total. The Morgan fingerprint density at radius 3 is 1.57 bits per heavy atom. The van der Waals surface area contributed by atoms with E-state index in [0.29, 0.717) is 12.0 Å². The second-order valence-electron chi connectivity index (χ2n) is 10.2. The highest BCUT2D eigenvalue weighted by Crippen LogP contribution is 2.15. The lowest BCUT2D eigenvalue weighted by Gasteiger charge is -2.15. The first-order valence-corrected chi connectivity index (χ1v) is 15.3. The average molecular weight is 518 g/mol. The van der Waals surface area contributed by atoms with Crippen LogP contribution >= 0.6 is 0 Å². The topological polar surface area (TPSA) is 64.6 Å². The van der Waals surface area contributed by atoms with Crippen molar-refractivity contribution in [1.29, 1.82) is 0 Å². The molecule has 0 bridgehead atoms. The Labute approximate surface area is 227 Å². The monoisotopic (exact) mass is 517 g/mol. The van der Waals surface area contributed by atoms with E-state index in [9.17, 15) is 9.59 Å². The van der Waals surface area contributed by atoms with E-state index in [4.69, 9.17) is 9.47 Å². The SMILES string of the molecule is CCCCCCCCCCCCCCCCCCCNc1ccc(C(=O)OC(CC)C(=O)OCC)cc1. The number of unbranched alkanes of at least 4 members (excludes halogenated alkanes) is 16. The molecule has 0 aliphatic rings. The Bertz CT molecular complexity index is 689. The average Bonchev–Trinajstić information content (AvgIpc) is 2.91. The van der Waals surface area contributed by atoms with E-state index in [1.807, 2.05) is 12.1 Å². The van der Waals surface area contributed by atoms with Crippen LogP contribution < -0.4 is 5.32 Å². The fraction of sp³-hybridized carbons (Fsp3) is 0.750. The van der Waals surface area contributed by atoms with Gasteiger partial charge in [0, 0.05) is 12.2 Å². The number of hydrogen-bond acceptors (Lipinski definition) is 5. The number of rotatable bonds is 24. The fourth-order valence-electron chi connectivity index (χ4n) is 4.54. The molecule has 1 aromatic rings.